The lowest BCUT2D eigenvalue weighted by Crippen LogP contribution is -2.08. The van der Waals surface area contributed by atoms with Gasteiger partial charge in [-0.15, -0.1) is 0 Å². The van der Waals surface area contributed by atoms with E-state index in [0.29, 0.717) is 24.5 Å². The first-order valence-corrected chi connectivity index (χ1v) is 6.08. The van der Waals surface area contributed by atoms with Gasteiger partial charge < -0.3 is 4.74 Å². The molecular weight excluding hydrogens is 238 g/mol. The van der Waals surface area contributed by atoms with Crippen LogP contribution >= 0.6 is 0 Å². The third-order valence-corrected chi connectivity index (χ3v) is 2.56. The van der Waals surface area contributed by atoms with Gasteiger partial charge in [0.05, 0.1) is 6.61 Å². The molecular formula is C14H18F2O2. The molecule has 18 heavy (non-hydrogen) atoms. The number of rotatable bonds is 6. The first-order valence-electron chi connectivity index (χ1n) is 6.08. The van der Waals surface area contributed by atoms with Gasteiger partial charge in [0.1, 0.15) is 0 Å². The van der Waals surface area contributed by atoms with E-state index in [1.165, 1.54) is 6.07 Å². The molecule has 0 aliphatic rings. The van der Waals surface area contributed by atoms with Crippen LogP contribution in [-0.4, -0.2) is 12.6 Å². The number of carbonyl (C=O) groups excluding carboxylic acids is 1. The lowest BCUT2D eigenvalue weighted by molar-refractivity contribution is -0.143. The summed E-state index contributed by atoms with van der Waals surface area (Å²) in [7, 11) is 0. The number of carbonyl (C=O) groups is 1. The summed E-state index contributed by atoms with van der Waals surface area (Å²) in [6.07, 6.45) is 1.37. The van der Waals surface area contributed by atoms with Crippen LogP contribution in [0.2, 0.25) is 0 Å². The summed E-state index contributed by atoms with van der Waals surface area (Å²) in [4.78, 5) is 11.4. The predicted molar refractivity (Wildman–Crippen MR) is 65.1 cm³/mol. The summed E-state index contributed by atoms with van der Waals surface area (Å²) in [5, 5.41) is 0. The average Bonchev–Trinajstić information content (AvgIpc) is 2.30. The molecule has 1 aromatic carbocycles. The molecule has 0 aromatic heterocycles. The molecule has 1 rings (SSSR count). The summed E-state index contributed by atoms with van der Waals surface area (Å²) in [6, 6.07) is 3.64. The summed E-state index contributed by atoms with van der Waals surface area (Å²) in [5.74, 6) is -1.58. The van der Waals surface area contributed by atoms with Gasteiger partial charge in [-0.1, -0.05) is 19.9 Å². The van der Waals surface area contributed by atoms with E-state index in [2.05, 4.69) is 13.8 Å². The fourth-order valence-corrected chi connectivity index (χ4v) is 1.42. The number of halogens is 2. The number of esters is 1. The van der Waals surface area contributed by atoms with Crippen LogP contribution in [0.25, 0.3) is 0 Å². The van der Waals surface area contributed by atoms with Crippen molar-refractivity contribution >= 4 is 5.97 Å². The number of hydrogen-bond donors (Lipinski definition) is 0. The molecule has 2 nitrogen and oxygen atoms in total. The minimum atomic E-state index is -0.888. The van der Waals surface area contributed by atoms with Gasteiger partial charge in [0.2, 0.25) is 0 Å². The zero-order valence-corrected chi connectivity index (χ0v) is 10.7. The molecule has 0 radical (unpaired) electrons. The highest BCUT2D eigenvalue weighted by molar-refractivity contribution is 5.69. The average molecular weight is 256 g/mol. The van der Waals surface area contributed by atoms with Crippen LogP contribution in [0, 0.1) is 17.6 Å². The van der Waals surface area contributed by atoms with Crippen molar-refractivity contribution in [1.82, 2.24) is 0 Å². The Kier molecular flexibility index (Phi) is 5.75. The van der Waals surface area contributed by atoms with Crippen LogP contribution in [0.5, 0.6) is 0 Å². The minimum Gasteiger partial charge on any atom is -0.466 e. The molecule has 0 amide bonds. The van der Waals surface area contributed by atoms with Gasteiger partial charge in [-0.05, 0) is 36.5 Å². The van der Waals surface area contributed by atoms with Crippen LogP contribution in [-0.2, 0) is 16.0 Å². The molecule has 0 spiro atoms. The monoisotopic (exact) mass is 256 g/mol. The quantitative estimate of drug-likeness (QED) is 0.728. The number of ether oxygens (including phenoxy) is 1. The SMILES string of the molecule is CC(C)CCOC(=O)CCc1ccc(F)c(F)c1. The summed E-state index contributed by atoms with van der Waals surface area (Å²) in [6.45, 7) is 4.51. The summed E-state index contributed by atoms with van der Waals surface area (Å²) < 4.78 is 30.6. The van der Waals surface area contributed by atoms with Crippen LogP contribution in [0.3, 0.4) is 0 Å². The molecule has 0 heterocycles. The second kappa shape index (κ2) is 7.09. The van der Waals surface area contributed by atoms with Crippen LogP contribution in [0.1, 0.15) is 32.3 Å². The minimum absolute atomic E-state index is 0.184. The van der Waals surface area contributed by atoms with E-state index in [9.17, 15) is 13.6 Å². The molecule has 0 atom stereocenters. The topological polar surface area (TPSA) is 26.3 Å². The number of hydrogen-bond acceptors (Lipinski definition) is 2. The Bertz CT molecular complexity index is 403. The standard InChI is InChI=1S/C14H18F2O2/c1-10(2)7-8-18-14(17)6-4-11-3-5-12(15)13(16)9-11/h3,5,9-10H,4,6-8H2,1-2H3. The third-order valence-electron chi connectivity index (χ3n) is 2.56. The Morgan fingerprint density at radius 1 is 1.28 bits per heavy atom. The van der Waals surface area contributed by atoms with E-state index in [0.717, 1.165) is 18.6 Å². The smallest absolute Gasteiger partial charge is 0.306 e. The molecule has 0 aliphatic carbocycles. The highest BCUT2D eigenvalue weighted by Gasteiger charge is 2.07. The van der Waals surface area contributed by atoms with Gasteiger partial charge in [0.15, 0.2) is 11.6 Å². The zero-order chi connectivity index (χ0) is 13.5. The first kappa shape index (κ1) is 14.6. The van der Waals surface area contributed by atoms with E-state index in [-0.39, 0.29) is 12.4 Å². The highest BCUT2D eigenvalue weighted by atomic mass is 19.2. The van der Waals surface area contributed by atoms with Crippen molar-refractivity contribution < 1.29 is 18.3 Å². The van der Waals surface area contributed by atoms with E-state index in [1.807, 2.05) is 0 Å². The number of benzene rings is 1. The maximum Gasteiger partial charge on any atom is 0.306 e. The van der Waals surface area contributed by atoms with Gasteiger partial charge in [-0.3, -0.25) is 4.79 Å². The van der Waals surface area contributed by atoms with Gasteiger partial charge in [-0.25, -0.2) is 8.78 Å². The van der Waals surface area contributed by atoms with E-state index < -0.39 is 11.6 Å². The maximum absolute atomic E-state index is 12.9. The van der Waals surface area contributed by atoms with Crippen LogP contribution in [0.15, 0.2) is 18.2 Å². The second-order valence-corrected chi connectivity index (χ2v) is 4.65. The molecule has 0 N–H and O–H groups in total. The van der Waals surface area contributed by atoms with Crippen LogP contribution in [0.4, 0.5) is 8.78 Å². The van der Waals surface area contributed by atoms with Crippen molar-refractivity contribution in [2.24, 2.45) is 5.92 Å². The Morgan fingerprint density at radius 2 is 2.00 bits per heavy atom. The molecule has 1 aromatic rings. The Labute approximate surface area is 106 Å². The Balaban J connectivity index is 2.31. The molecule has 0 saturated heterocycles. The van der Waals surface area contributed by atoms with Crippen molar-refractivity contribution in [2.75, 3.05) is 6.61 Å². The van der Waals surface area contributed by atoms with E-state index >= 15 is 0 Å². The second-order valence-electron chi connectivity index (χ2n) is 4.65. The van der Waals surface area contributed by atoms with Gasteiger partial charge in [0, 0.05) is 6.42 Å². The normalized spacial score (nSPS) is 10.7. The lowest BCUT2D eigenvalue weighted by atomic mass is 10.1. The molecule has 0 saturated carbocycles. The lowest BCUT2D eigenvalue weighted by Gasteiger charge is -2.06. The first-order chi connectivity index (χ1) is 8.49. The van der Waals surface area contributed by atoms with Crippen molar-refractivity contribution in [1.29, 1.82) is 0 Å². The van der Waals surface area contributed by atoms with Crippen molar-refractivity contribution in [3.05, 3.63) is 35.4 Å². The molecule has 100 valence electrons. The Hall–Kier alpha value is -1.45. The Morgan fingerprint density at radius 3 is 2.61 bits per heavy atom. The summed E-state index contributed by atoms with van der Waals surface area (Å²) >= 11 is 0. The molecule has 0 bridgehead atoms. The molecule has 0 fully saturated rings. The van der Waals surface area contributed by atoms with Crippen molar-refractivity contribution in [2.45, 2.75) is 33.1 Å². The molecule has 0 unspecified atom stereocenters. The fraction of sp³-hybridized carbons (Fsp3) is 0.500. The van der Waals surface area contributed by atoms with Gasteiger partial charge in [0.25, 0.3) is 0 Å². The molecule has 0 aliphatic heterocycles. The van der Waals surface area contributed by atoms with Crippen molar-refractivity contribution in [3.8, 4) is 0 Å². The fourth-order valence-electron chi connectivity index (χ4n) is 1.42. The largest absolute Gasteiger partial charge is 0.466 e. The summed E-state index contributed by atoms with van der Waals surface area (Å²) in [5.41, 5.74) is 0.592. The third kappa shape index (κ3) is 5.25. The maximum atomic E-state index is 12.9. The van der Waals surface area contributed by atoms with Gasteiger partial charge in [-0.2, -0.15) is 0 Å². The van der Waals surface area contributed by atoms with E-state index in [4.69, 9.17) is 4.74 Å². The highest BCUT2D eigenvalue weighted by Crippen LogP contribution is 2.11. The van der Waals surface area contributed by atoms with Crippen molar-refractivity contribution in [3.63, 3.8) is 0 Å². The van der Waals surface area contributed by atoms with Gasteiger partial charge >= 0.3 is 5.97 Å². The van der Waals surface area contributed by atoms with Crippen LogP contribution < -0.4 is 0 Å². The predicted octanol–water partition coefficient (Wildman–Crippen LogP) is 3.49. The molecule has 4 heteroatoms. The van der Waals surface area contributed by atoms with E-state index in [1.54, 1.807) is 0 Å². The number of aryl methyl sites for hydroxylation is 1. The zero-order valence-electron chi connectivity index (χ0n) is 10.7.